The Bertz CT molecular complexity index is 650. The number of sulfonamides is 1. The Balaban J connectivity index is 1.95. The number of benzene rings is 1. The van der Waals surface area contributed by atoms with E-state index in [2.05, 4.69) is 0 Å². The highest BCUT2D eigenvalue weighted by molar-refractivity contribution is 7.89. The van der Waals surface area contributed by atoms with Crippen molar-refractivity contribution >= 4 is 22.0 Å². The van der Waals surface area contributed by atoms with Gasteiger partial charge in [-0.15, -0.1) is 0 Å². The summed E-state index contributed by atoms with van der Waals surface area (Å²) in [7, 11) is -3.49. The zero-order valence-electron chi connectivity index (χ0n) is 12.7. The fraction of sp³-hybridized carbons (Fsp3) is 0.438. The van der Waals surface area contributed by atoms with E-state index in [-0.39, 0.29) is 17.6 Å². The maximum Gasteiger partial charge on any atom is 0.246 e. The molecule has 1 aliphatic rings. The van der Waals surface area contributed by atoms with Crippen molar-refractivity contribution in [3.8, 4) is 0 Å². The zero-order chi connectivity index (χ0) is 16.2. The SMILES string of the molecule is Cc1ccc(/C=C/C(=O)N2CCCC(CS(N)(=O)=O)C2)cc1. The molecule has 6 heteroatoms. The minimum Gasteiger partial charge on any atom is -0.339 e. The van der Waals surface area contributed by atoms with E-state index in [1.807, 2.05) is 31.2 Å². The third-order valence-electron chi connectivity index (χ3n) is 3.79. The molecule has 22 heavy (non-hydrogen) atoms. The summed E-state index contributed by atoms with van der Waals surface area (Å²) in [5, 5.41) is 5.09. The third kappa shape index (κ3) is 5.27. The number of amides is 1. The summed E-state index contributed by atoms with van der Waals surface area (Å²) in [6.45, 7) is 3.13. The number of carbonyl (C=O) groups excluding carboxylic acids is 1. The molecule has 1 fully saturated rings. The Labute approximate surface area is 131 Å². The van der Waals surface area contributed by atoms with Crippen molar-refractivity contribution in [3.63, 3.8) is 0 Å². The van der Waals surface area contributed by atoms with E-state index in [4.69, 9.17) is 5.14 Å². The van der Waals surface area contributed by atoms with Crippen LogP contribution in [-0.2, 0) is 14.8 Å². The van der Waals surface area contributed by atoms with Gasteiger partial charge in [-0.1, -0.05) is 29.8 Å². The Morgan fingerprint density at radius 1 is 1.36 bits per heavy atom. The summed E-state index contributed by atoms with van der Waals surface area (Å²) >= 11 is 0. The number of primary sulfonamides is 1. The molecule has 0 saturated carbocycles. The number of aryl methyl sites for hydroxylation is 1. The lowest BCUT2D eigenvalue weighted by molar-refractivity contribution is -0.127. The minimum atomic E-state index is -3.49. The molecule has 0 aromatic heterocycles. The molecule has 1 aliphatic heterocycles. The molecule has 1 amide bonds. The molecule has 0 bridgehead atoms. The second-order valence-electron chi connectivity index (χ2n) is 5.87. The van der Waals surface area contributed by atoms with Crippen LogP contribution in [0.4, 0.5) is 0 Å². The first-order valence-electron chi connectivity index (χ1n) is 7.37. The molecule has 1 aromatic carbocycles. The molecule has 0 radical (unpaired) electrons. The number of rotatable bonds is 4. The Kier molecular flexibility index (Phi) is 5.37. The van der Waals surface area contributed by atoms with Crippen LogP contribution in [0.15, 0.2) is 30.3 Å². The number of nitrogens with zero attached hydrogens (tertiary/aromatic N) is 1. The molecular formula is C16H22N2O3S. The second kappa shape index (κ2) is 7.07. The average molecular weight is 322 g/mol. The smallest absolute Gasteiger partial charge is 0.246 e. The van der Waals surface area contributed by atoms with Gasteiger partial charge in [0.15, 0.2) is 0 Å². The first-order valence-corrected chi connectivity index (χ1v) is 9.09. The van der Waals surface area contributed by atoms with Crippen LogP contribution in [0.1, 0.15) is 24.0 Å². The molecule has 1 unspecified atom stereocenters. The maximum atomic E-state index is 12.2. The van der Waals surface area contributed by atoms with Gasteiger partial charge in [0.25, 0.3) is 0 Å². The van der Waals surface area contributed by atoms with Crippen molar-refractivity contribution < 1.29 is 13.2 Å². The molecule has 0 aliphatic carbocycles. The average Bonchev–Trinajstić information content (AvgIpc) is 2.45. The van der Waals surface area contributed by atoms with Crippen molar-refractivity contribution in [1.29, 1.82) is 0 Å². The van der Waals surface area contributed by atoms with Gasteiger partial charge >= 0.3 is 0 Å². The van der Waals surface area contributed by atoms with Crippen molar-refractivity contribution in [3.05, 3.63) is 41.5 Å². The first kappa shape index (κ1) is 16.7. The van der Waals surface area contributed by atoms with Crippen LogP contribution in [0.5, 0.6) is 0 Å². The monoisotopic (exact) mass is 322 g/mol. The number of nitrogens with two attached hydrogens (primary N) is 1. The van der Waals surface area contributed by atoms with E-state index in [1.54, 1.807) is 17.1 Å². The van der Waals surface area contributed by atoms with E-state index in [0.29, 0.717) is 13.1 Å². The van der Waals surface area contributed by atoms with E-state index in [1.165, 1.54) is 5.56 Å². The van der Waals surface area contributed by atoms with Gasteiger partial charge in [0.2, 0.25) is 15.9 Å². The molecule has 1 saturated heterocycles. The van der Waals surface area contributed by atoms with E-state index in [0.717, 1.165) is 18.4 Å². The zero-order valence-corrected chi connectivity index (χ0v) is 13.6. The molecule has 1 atom stereocenters. The molecule has 1 heterocycles. The normalized spacial score (nSPS) is 19.5. The van der Waals surface area contributed by atoms with Crippen LogP contribution in [0.2, 0.25) is 0 Å². The lowest BCUT2D eigenvalue weighted by Crippen LogP contribution is -2.41. The summed E-state index contributed by atoms with van der Waals surface area (Å²) in [5.74, 6) is -0.210. The predicted octanol–water partition coefficient (Wildman–Crippen LogP) is 1.54. The van der Waals surface area contributed by atoms with Gasteiger partial charge in [-0.05, 0) is 37.3 Å². The molecule has 0 spiro atoms. The van der Waals surface area contributed by atoms with Crippen molar-refractivity contribution in [2.45, 2.75) is 19.8 Å². The van der Waals surface area contributed by atoms with Gasteiger partial charge in [0, 0.05) is 19.2 Å². The molecule has 2 rings (SSSR count). The maximum absolute atomic E-state index is 12.2. The molecule has 120 valence electrons. The largest absolute Gasteiger partial charge is 0.339 e. The van der Waals surface area contributed by atoms with Crippen LogP contribution < -0.4 is 5.14 Å². The Hall–Kier alpha value is -1.66. The molecule has 5 nitrogen and oxygen atoms in total. The number of hydrogen-bond donors (Lipinski definition) is 1. The predicted molar refractivity (Wildman–Crippen MR) is 87.5 cm³/mol. The summed E-state index contributed by atoms with van der Waals surface area (Å²) in [6.07, 6.45) is 4.93. The van der Waals surface area contributed by atoms with E-state index >= 15 is 0 Å². The Morgan fingerprint density at radius 3 is 2.68 bits per heavy atom. The molecular weight excluding hydrogens is 300 g/mol. The molecule has 2 N–H and O–H groups in total. The Morgan fingerprint density at radius 2 is 2.05 bits per heavy atom. The van der Waals surface area contributed by atoms with E-state index in [9.17, 15) is 13.2 Å². The minimum absolute atomic E-state index is 0.0571. The van der Waals surface area contributed by atoms with Gasteiger partial charge in [-0.2, -0.15) is 0 Å². The quantitative estimate of drug-likeness (QED) is 0.854. The van der Waals surface area contributed by atoms with Crippen LogP contribution in [0.25, 0.3) is 6.08 Å². The van der Waals surface area contributed by atoms with Gasteiger partial charge < -0.3 is 4.90 Å². The first-order chi connectivity index (χ1) is 10.3. The number of likely N-dealkylation sites (tertiary alicyclic amines) is 1. The highest BCUT2D eigenvalue weighted by Crippen LogP contribution is 2.18. The fourth-order valence-corrected chi connectivity index (χ4v) is 3.61. The van der Waals surface area contributed by atoms with Crippen molar-refractivity contribution in [2.75, 3.05) is 18.8 Å². The van der Waals surface area contributed by atoms with Crippen LogP contribution in [-0.4, -0.2) is 38.1 Å². The second-order valence-corrected chi connectivity index (χ2v) is 7.53. The fourth-order valence-electron chi connectivity index (χ4n) is 2.68. The molecule has 1 aromatic rings. The highest BCUT2D eigenvalue weighted by Gasteiger charge is 2.25. The van der Waals surface area contributed by atoms with Crippen molar-refractivity contribution in [2.24, 2.45) is 11.1 Å². The van der Waals surface area contributed by atoms with Crippen LogP contribution in [0, 0.1) is 12.8 Å². The topological polar surface area (TPSA) is 80.5 Å². The van der Waals surface area contributed by atoms with Crippen LogP contribution >= 0.6 is 0 Å². The number of piperidine rings is 1. The summed E-state index contributed by atoms with van der Waals surface area (Å²) in [5.41, 5.74) is 2.14. The number of carbonyl (C=O) groups is 1. The van der Waals surface area contributed by atoms with Gasteiger partial charge in [0.05, 0.1) is 5.75 Å². The number of hydrogen-bond acceptors (Lipinski definition) is 3. The lowest BCUT2D eigenvalue weighted by Gasteiger charge is -2.31. The van der Waals surface area contributed by atoms with Crippen molar-refractivity contribution in [1.82, 2.24) is 4.90 Å². The summed E-state index contributed by atoms with van der Waals surface area (Å²) in [4.78, 5) is 13.9. The third-order valence-corrected chi connectivity index (χ3v) is 4.73. The lowest BCUT2D eigenvalue weighted by atomic mass is 10.00. The van der Waals surface area contributed by atoms with E-state index < -0.39 is 10.0 Å². The summed E-state index contributed by atoms with van der Waals surface area (Å²) in [6, 6.07) is 7.90. The van der Waals surface area contributed by atoms with Gasteiger partial charge in [-0.3, -0.25) is 4.79 Å². The van der Waals surface area contributed by atoms with Gasteiger partial charge in [-0.25, -0.2) is 13.6 Å². The van der Waals surface area contributed by atoms with Gasteiger partial charge in [0.1, 0.15) is 0 Å². The highest BCUT2D eigenvalue weighted by atomic mass is 32.2. The standard InChI is InChI=1S/C16H22N2O3S/c1-13-4-6-14(7-5-13)8-9-16(19)18-10-2-3-15(11-18)12-22(17,20)21/h4-9,15H,2-3,10-12H2,1H3,(H2,17,20,21)/b9-8+. The van der Waals surface area contributed by atoms with Crippen LogP contribution in [0.3, 0.4) is 0 Å². The summed E-state index contributed by atoms with van der Waals surface area (Å²) < 4.78 is 22.3.